The summed E-state index contributed by atoms with van der Waals surface area (Å²) >= 11 is 1.38. The summed E-state index contributed by atoms with van der Waals surface area (Å²) in [4.78, 5) is 20.0. The first-order valence-electron chi connectivity index (χ1n) is 6.45. The highest BCUT2D eigenvalue weighted by Gasteiger charge is 2.22. The van der Waals surface area contributed by atoms with Crippen molar-refractivity contribution in [1.29, 1.82) is 0 Å². The standard InChI is InChI=1S/C13H19N3OS/c1-10-5-2-3-6-11(10)16-12(17)9-18-13-14-7-4-8-15-13/h4,7-8,10-11H,2-3,5-6,9H2,1H3,(H,16,17)/t10-,11-/m0/s1. The van der Waals surface area contributed by atoms with Crippen LogP contribution < -0.4 is 5.32 Å². The predicted octanol–water partition coefficient (Wildman–Crippen LogP) is 2.26. The number of thioether (sulfide) groups is 1. The Balaban J connectivity index is 1.75. The summed E-state index contributed by atoms with van der Waals surface area (Å²) in [5, 5.41) is 3.78. The fourth-order valence-electron chi connectivity index (χ4n) is 2.27. The summed E-state index contributed by atoms with van der Waals surface area (Å²) in [6, 6.07) is 2.12. The summed E-state index contributed by atoms with van der Waals surface area (Å²) in [6.07, 6.45) is 8.23. The van der Waals surface area contributed by atoms with E-state index in [1.54, 1.807) is 18.5 Å². The number of amides is 1. The Hall–Kier alpha value is -1.10. The lowest BCUT2D eigenvalue weighted by atomic mass is 9.86. The molecule has 0 saturated heterocycles. The van der Waals surface area contributed by atoms with Crippen LogP contribution in [0.15, 0.2) is 23.6 Å². The van der Waals surface area contributed by atoms with Gasteiger partial charge in [0, 0.05) is 18.4 Å². The lowest BCUT2D eigenvalue weighted by Gasteiger charge is -2.29. The molecule has 1 fully saturated rings. The third kappa shape index (κ3) is 3.98. The molecule has 1 saturated carbocycles. The Kier molecular flexibility index (Phi) is 4.99. The van der Waals surface area contributed by atoms with Crippen LogP contribution in [0.4, 0.5) is 0 Å². The summed E-state index contributed by atoms with van der Waals surface area (Å²) in [6.45, 7) is 2.22. The molecule has 18 heavy (non-hydrogen) atoms. The van der Waals surface area contributed by atoms with Crippen molar-refractivity contribution < 1.29 is 4.79 Å². The second kappa shape index (κ2) is 6.73. The van der Waals surface area contributed by atoms with Gasteiger partial charge in [0.25, 0.3) is 0 Å². The van der Waals surface area contributed by atoms with E-state index >= 15 is 0 Å². The van der Waals surface area contributed by atoms with Crippen LogP contribution in [-0.4, -0.2) is 27.7 Å². The summed E-state index contributed by atoms with van der Waals surface area (Å²) in [5.41, 5.74) is 0. The van der Waals surface area contributed by atoms with Crippen LogP contribution in [0.25, 0.3) is 0 Å². The number of nitrogens with zero attached hydrogens (tertiary/aromatic N) is 2. The molecule has 0 aromatic carbocycles. The molecule has 4 nitrogen and oxygen atoms in total. The SMILES string of the molecule is C[C@H]1CCCC[C@@H]1NC(=O)CSc1ncccn1. The molecule has 0 aliphatic heterocycles. The van der Waals surface area contributed by atoms with Crippen LogP contribution in [0.2, 0.25) is 0 Å². The van der Waals surface area contributed by atoms with Crippen molar-refractivity contribution in [1.82, 2.24) is 15.3 Å². The molecule has 0 unspecified atom stereocenters. The van der Waals surface area contributed by atoms with Crippen molar-refractivity contribution in [3.63, 3.8) is 0 Å². The zero-order valence-electron chi connectivity index (χ0n) is 10.6. The van der Waals surface area contributed by atoms with E-state index in [-0.39, 0.29) is 5.91 Å². The second-order valence-electron chi connectivity index (χ2n) is 4.76. The molecule has 2 atom stereocenters. The van der Waals surface area contributed by atoms with E-state index in [0.717, 1.165) is 6.42 Å². The van der Waals surface area contributed by atoms with Crippen LogP contribution >= 0.6 is 11.8 Å². The molecular formula is C13H19N3OS. The number of hydrogen-bond acceptors (Lipinski definition) is 4. The zero-order chi connectivity index (χ0) is 12.8. The van der Waals surface area contributed by atoms with Crippen LogP contribution in [0, 0.1) is 5.92 Å². The predicted molar refractivity (Wildman–Crippen MR) is 72.3 cm³/mol. The van der Waals surface area contributed by atoms with Crippen molar-refractivity contribution in [2.24, 2.45) is 5.92 Å². The van der Waals surface area contributed by atoms with E-state index in [0.29, 0.717) is 22.9 Å². The average molecular weight is 265 g/mol. The first kappa shape index (κ1) is 13.3. The fourth-order valence-corrected chi connectivity index (χ4v) is 2.88. The molecule has 0 bridgehead atoms. The molecule has 1 heterocycles. The molecule has 0 radical (unpaired) electrons. The van der Waals surface area contributed by atoms with E-state index in [4.69, 9.17) is 0 Å². The smallest absolute Gasteiger partial charge is 0.230 e. The monoisotopic (exact) mass is 265 g/mol. The molecule has 1 amide bonds. The van der Waals surface area contributed by atoms with Crippen LogP contribution in [0.3, 0.4) is 0 Å². The first-order chi connectivity index (χ1) is 8.75. The number of nitrogens with one attached hydrogen (secondary N) is 1. The highest BCUT2D eigenvalue weighted by molar-refractivity contribution is 7.99. The summed E-state index contributed by atoms with van der Waals surface area (Å²) in [7, 11) is 0. The van der Waals surface area contributed by atoms with E-state index in [1.807, 2.05) is 0 Å². The van der Waals surface area contributed by atoms with Gasteiger partial charge >= 0.3 is 0 Å². The van der Waals surface area contributed by atoms with Gasteiger partial charge in [-0.25, -0.2) is 9.97 Å². The fraction of sp³-hybridized carbons (Fsp3) is 0.615. The topological polar surface area (TPSA) is 54.9 Å². The largest absolute Gasteiger partial charge is 0.352 e. The lowest BCUT2D eigenvalue weighted by Crippen LogP contribution is -2.41. The Morgan fingerprint density at radius 1 is 1.39 bits per heavy atom. The van der Waals surface area contributed by atoms with Gasteiger partial charge in [-0.15, -0.1) is 0 Å². The van der Waals surface area contributed by atoms with Gasteiger partial charge in [-0.2, -0.15) is 0 Å². The molecule has 1 aromatic heterocycles. The van der Waals surface area contributed by atoms with Gasteiger partial charge in [0.05, 0.1) is 5.75 Å². The average Bonchev–Trinajstić information content (AvgIpc) is 2.40. The molecule has 1 aliphatic carbocycles. The molecule has 98 valence electrons. The minimum atomic E-state index is 0.0891. The quantitative estimate of drug-likeness (QED) is 0.670. The molecule has 5 heteroatoms. The van der Waals surface area contributed by atoms with Crippen molar-refractivity contribution in [2.75, 3.05) is 5.75 Å². The maximum atomic E-state index is 11.8. The van der Waals surface area contributed by atoms with Gasteiger partial charge in [-0.1, -0.05) is 31.5 Å². The highest BCUT2D eigenvalue weighted by Crippen LogP contribution is 2.23. The van der Waals surface area contributed by atoms with E-state index in [9.17, 15) is 4.79 Å². The third-order valence-corrected chi connectivity index (χ3v) is 4.21. The Labute approximate surface area is 112 Å². The minimum absolute atomic E-state index is 0.0891. The van der Waals surface area contributed by atoms with Gasteiger partial charge in [0.15, 0.2) is 5.16 Å². The number of rotatable bonds is 4. The number of carbonyl (C=O) groups excluding carboxylic acids is 1. The minimum Gasteiger partial charge on any atom is -0.352 e. The van der Waals surface area contributed by atoms with Crippen molar-refractivity contribution >= 4 is 17.7 Å². The maximum absolute atomic E-state index is 11.8. The van der Waals surface area contributed by atoms with E-state index in [1.165, 1.54) is 31.0 Å². The van der Waals surface area contributed by atoms with Gasteiger partial charge in [-0.05, 0) is 24.8 Å². The van der Waals surface area contributed by atoms with Gasteiger partial charge < -0.3 is 5.32 Å². The zero-order valence-corrected chi connectivity index (χ0v) is 11.4. The van der Waals surface area contributed by atoms with Crippen LogP contribution in [0.1, 0.15) is 32.6 Å². The number of hydrogen-bond donors (Lipinski definition) is 1. The molecule has 2 rings (SSSR count). The summed E-state index contributed by atoms with van der Waals surface area (Å²) < 4.78 is 0. The first-order valence-corrected chi connectivity index (χ1v) is 7.43. The molecule has 1 aromatic rings. The van der Waals surface area contributed by atoms with Gasteiger partial charge in [0.1, 0.15) is 0 Å². The molecule has 1 aliphatic rings. The van der Waals surface area contributed by atoms with Crippen molar-refractivity contribution in [2.45, 2.75) is 43.8 Å². The van der Waals surface area contributed by atoms with Gasteiger partial charge in [0.2, 0.25) is 5.91 Å². The highest BCUT2D eigenvalue weighted by atomic mass is 32.2. The maximum Gasteiger partial charge on any atom is 0.230 e. The normalized spacial score (nSPS) is 23.6. The lowest BCUT2D eigenvalue weighted by molar-refractivity contribution is -0.119. The van der Waals surface area contributed by atoms with Crippen LogP contribution in [-0.2, 0) is 4.79 Å². The molecular weight excluding hydrogens is 246 g/mol. The third-order valence-electron chi connectivity index (χ3n) is 3.33. The van der Waals surface area contributed by atoms with Gasteiger partial charge in [-0.3, -0.25) is 4.79 Å². The number of carbonyl (C=O) groups is 1. The Morgan fingerprint density at radius 2 is 2.11 bits per heavy atom. The Morgan fingerprint density at radius 3 is 2.83 bits per heavy atom. The van der Waals surface area contributed by atoms with Crippen molar-refractivity contribution in [3.05, 3.63) is 18.5 Å². The Bertz CT molecular complexity index is 385. The summed E-state index contributed by atoms with van der Waals surface area (Å²) in [5.74, 6) is 1.08. The second-order valence-corrected chi connectivity index (χ2v) is 5.70. The molecule has 0 spiro atoms. The van der Waals surface area contributed by atoms with Crippen molar-refractivity contribution in [3.8, 4) is 0 Å². The number of aromatic nitrogens is 2. The van der Waals surface area contributed by atoms with Crippen LogP contribution in [0.5, 0.6) is 0 Å². The van der Waals surface area contributed by atoms with E-state index < -0.39 is 0 Å². The van der Waals surface area contributed by atoms with E-state index in [2.05, 4.69) is 22.2 Å². The molecule has 1 N–H and O–H groups in total.